The monoisotopic (exact) mass is 358 g/mol. The Hall–Kier alpha value is -1.11. The van der Waals surface area contributed by atoms with Gasteiger partial charge in [-0.25, -0.2) is 0 Å². The summed E-state index contributed by atoms with van der Waals surface area (Å²) in [6.07, 6.45) is 3.23. The second-order valence-electron chi connectivity index (χ2n) is 4.41. The lowest BCUT2D eigenvalue weighted by Gasteiger charge is -2.27. The first-order chi connectivity index (χ1) is 8.59. The molecule has 0 aromatic heterocycles. The van der Waals surface area contributed by atoms with Crippen LogP contribution in [0.25, 0.3) is 0 Å². The second-order valence-corrected chi connectivity index (χ2v) is 5.65. The first kappa shape index (κ1) is 13.3. The molecule has 18 heavy (non-hydrogen) atoms. The third-order valence-corrected chi connectivity index (χ3v) is 3.79. The van der Waals surface area contributed by atoms with E-state index in [1.807, 2.05) is 6.07 Å². The number of likely N-dealkylation sites (tertiary alicyclic amines) is 1. The van der Waals surface area contributed by atoms with E-state index in [0.717, 1.165) is 29.5 Å². The molecular weight excluding hydrogens is 343 g/mol. The minimum Gasteiger partial charge on any atom is -0.366 e. The summed E-state index contributed by atoms with van der Waals surface area (Å²) in [7, 11) is 0. The molecule has 0 saturated carbocycles. The van der Waals surface area contributed by atoms with Crippen molar-refractivity contribution in [2.45, 2.75) is 19.3 Å². The lowest BCUT2D eigenvalue weighted by atomic mass is 10.0. The quantitative estimate of drug-likeness (QED) is 0.823. The van der Waals surface area contributed by atoms with Crippen LogP contribution >= 0.6 is 22.6 Å². The van der Waals surface area contributed by atoms with E-state index in [1.165, 1.54) is 6.42 Å². The molecule has 1 aliphatic rings. The minimum absolute atomic E-state index is 0.0834. The van der Waals surface area contributed by atoms with Gasteiger partial charge >= 0.3 is 0 Å². The molecule has 2 amide bonds. The van der Waals surface area contributed by atoms with Gasteiger partial charge < -0.3 is 10.6 Å². The average Bonchev–Trinajstić information content (AvgIpc) is 2.39. The van der Waals surface area contributed by atoms with E-state index in [9.17, 15) is 9.59 Å². The van der Waals surface area contributed by atoms with Crippen LogP contribution in [0.15, 0.2) is 18.2 Å². The number of piperidine rings is 1. The van der Waals surface area contributed by atoms with Gasteiger partial charge in [0.15, 0.2) is 0 Å². The zero-order chi connectivity index (χ0) is 13.1. The number of benzene rings is 1. The van der Waals surface area contributed by atoms with Crippen molar-refractivity contribution in [3.8, 4) is 0 Å². The lowest BCUT2D eigenvalue weighted by Crippen LogP contribution is -2.36. The Morgan fingerprint density at radius 3 is 2.39 bits per heavy atom. The maximum absolute atomic E-state index is 12.4. The van der Waals surface area contributed by atoms with E-state index < -0.39 is 5.91 Å². The van der Waals surface area contributed by atoms with Crippen LogP contribution in [0.3, 0.4) is 0 Å². The zero-order valence-electron chi connectivity index (χ0n) is 9.99. The highest BCUT2D eigenvalue weighted by molar-refractivity contribution is 14.1. The van der Waals surface area contributed by atoms with E-state index in [4.69, 9.17) is 5.73 Å². The Morgan fingerprint density at radius 2 is 1.78 bits per heavy atom. The number of nitrogens with zero attached hydrogens (tertiary/aromatic N) is 1. The van der Waals surface area contributed by atoms with Crippen molar-refractivity contribution in [1.82, 2.24) is 4.90 Å². The molecule has 2 rings (SSSR count). The third-order valence-electron chi connectivity index (χ3n) is 3.12. The summed E-state index contributed by atoms with van der Waals surface area (Å²) in [4.78, 5) is 25.6. The number of hydrogen-bond donors (Lipinski definition) is 1. The Labute approximate surface area is 120 Å². The fourth-order valence-electron chi connectivity index (χ4n) is 2.17. The van der Waals surface area contributed by atoms with Crippen molar-refractivity contribution < 1.29 is 9.59 Å². The molecule has 2 N–H and O–H groups in total. The number of halogens is 1. The fourth-order valence-corrected chi connectivity index (χ4v) is 2.67. The second kappa shape index (κ2) is 5.69. The van der Waals surface area contributed by atoms with E-state index in [-0.39, 0.29) is 5.91 Å². The summed E-state index contributed by atoms with van der Waals surface area (Å²) < 4.78 is 0.900. The van der Waals surface area contributed by atoms with Gasteiger partial charge in [-0.1, -0.05) is 0 Å². The number of hydrogen-bond acceptors (Lipinski definition) is 2. The van der Waals surface area contributed by atoms with Crippen LogP contribution in [0, 0.1) is 3.57 Å². The predicted octanol–water partition coefficient (Wildman–Crippen LogP) is 2.02. The summed E-state index contributed by atoms with van der Waals surface area (Å²) in [5.41, 5.74) is 6.08. The van der Waals surface area contributed by atoms with Gasteiger partial charge in [-0.3, -0.25) is 9.59 Å². The molecule has 96 valence electrons. The summed E-state index contributed by atoms with van der Waals surface area (Å²) in [5.74, 6) is -0.631. The van der Waals surface area contributed by atoms with E-state index in [0.29, 0.717) is 11.1 Å². The highest BCUT2D eigenvalue weighted by atomic mass is 127. The fraction of sp³-hybridized carbons (Fsp3) is 0.385. The smallest absolute Gasteiger partial charge is 0.254 e. The maximum Gasteiger partial charge on any atom is 0.254 e. The van der Waals surface area contributed by atoms with Crippen LogP contribution in [-0.4, -0.2) is 29.8 Å². The molecule has 1 aromatic rings. The van der Waals surface area contributed by atoms with Gasteiger partial charge in [-0.2, -0.15) is 0 Å². The van der Waals surface area contributed by atoms with E-state index >= 15 is 0 Å². The predicted molar refractivity (Wildman–Crippen MR) is 77.4 cm³/mol. The van der Waals surface area contributed by atoms with Crippen molar-refractivity contribution in [2.24, 2.45) is 5.73 Å². The van der Waals surface area contributed by atoms with Crippen molar-refractivity contribution >= 4 is 34.4 Å². The summed E-state index contributed by atoms with van der Waals surface area (Å²) in [6, 6.07) is 5.18. The molecule has 0 atom stereocenters. The Kier molecular flexibility index (Phi) is 4.21. The molecule has 0 bridgehead atoms. The molecule has 5 heteroatoms. The Bertz CT molecular complexity index is 482. The van der Waals surface area contributed by atoms with Crippen LogP contribution < -0.4 is 5.73 Å². The number of primary amides is 1. The average molecular weight is 358 g/mol. The topological polar surface area (TPSA) is 63.4 Å². The summed E-state index contributed by atoms with van der Waals surface area (Å²) >= 11 is 2.10. The SMILES string of the molecule is NC(=O)c1cc(I)ccc1C(=O)N1CCCCC1. The maximum atomic E-state index is 12.4. The van der Waals surface area contributed by atoms with Crippen LogP contribution in [0.4, 0.5) is 0 Å². The number of amides is 2. The van der Waals surface area contributed by atoms with E-state index in [1.54, 1.807) is 17.0 Å². The lowest BCUT2D eigenvalue weighted by molar-refractivity contribution is 0.0719. The van der Waals surface area contributed by atoms with Crippen molar-refractivity contribution in [3.05, 3.63) is 32.9 Å². The zero-order valence-corrected chi connectivity index (χ0v) is 12.1. The summed E-state index contributed by atoms with van der Waals surface area (Å²) in [6.45, 7) is 1.53. The van der Waals surface area contributed by atoms with Crippen LogP contribution in [0.5, 0.6) is 0 Å². The van der Waals surface area contributed by atoms with Crippen LogP contribution in [0.2, 0.25) is 0 Å². The minimum atomic E-state index is -0.547. The number of carbonyl (C=O) groups is 2. The summed E-state index contributed by atoms with van der Waals surface area (Å²) in [5, 5.41) is 0. The van der Waals surface area contributed by atoms with Gasteiger partial charge in [-0.05, 0) is 60.1 Å². The van der Waals surface area contributed by atoms with Gasteiger partial charge in [-0.15, -0.1) is 0 Å². The molecule has 0 radical (unpaired) electrons. The third kappa shape index (κ3) is 2.82. The van der Waals surface area contributed by atoms with Crippen LogP contribution in [0.1, 0.15) is 40.0 Å². The molecule has 1 aromatic carbocycles. The van der Waals surface area contributed by atoms with Crippen molar-refractivity contribution in [1.29, 1.82) is 0 Å². The molecule has 1 aliphatic heterocycles. The highest BCUT2D eigenvalue weighted by Crippen LogP contribution is 2.18. The van der Waals surface area contributed by atoms with Gasteiger partial charge in [0.2, 0.25) is 5.91 Å². The van der Waals surface area contributed by atoms with Gasteiger partial charge in [0.25, 0.3) is 5.91 Å². The normalized spacial score (nSPS) is 15.5. The molecule has 4 nitrogen and oxygen atoms in total. The van der Waals surface area contributed by atoms with Crippen molar-refractivity contribution in [2.75, 3.05) is 13.1 Å². The van der Waals surface area contributed by atoms with E-state index in [2.05, 4.69) is 22.6 Å². The first-order valence-corrected chi connectivity index (χ1v) is 7.06. The Morgan fingerprint density at radius 1 is 1.11 bits per heavy atom. The number of nitrogens with two attached hydrogens (primary N) is 1. The number of rotatable bonds is 2. The largest absolute Gasteiger partial charge is 0.366 e. The van der Waals surface area contributed by atoms with Gasteiger partial charge in [0.1, 0.15) is 0 Å². The number of carbonyl (C=O) groups excluding carboxylic acids is 2. The molecule has 1 saturated heterocycles. The van der Waals surface area contributed by atoms with Gasteiger partial charge in [0.05, 0.1) is 11.1 Å². The standard InChI is InChI=1S/C13H15IN2O2/c14-9-4-5-10(11(8-9)12(15)17)13(18)16-6-2-1-3-7-16/h4-5,8H,1-3,6-7H2,(H2,15,17). The first-order valence-electron chi connectivity index (χ1n) is 5.98. The van der Waals surface area contributed by atoms with Gasteiger partial charge in [0, 0.05) is 16.7 Å². The molecular formula is C13H15IN2O2. The molecule has 0 unspecified atom stereocenters. The highest BCUT2D eigenvalue weighted by Gasteiger charge is 2.22. The van der Waals surface area contributed by atoms with Crippen molar-refractivity contribution in [3.63, 3.8) is 0 Å². The molecule has 0 aliphatic carbocycles. The molecule has 1 heterocycles. The van der Waals surface area contributed by atoms with Crippen LogP contribution in [-0.2, 0) is 0 Å². The molecule has 1 fully saturated rings. The molecule has 0 spiro atoms. The Balaban J connectivity index is 2.31.